The molecular formula is C16H13BrN4O2. The molecule has 0 atom stereocenters. The van der Waals surface area contributed by atoms with Gasteiger partial charge in [-0.25, -0.2) is 0 Å². The van der Waals surface area contributed by atoms with Gasteiger partial charge in [0.2, 0.25) is 0 Å². The Morgan fingerprint density at radius 2 is 1.87 bits per heavy atom. The van der Waals surface area contributed by atoms with Gasteiger partial charge in [-0.15, -0.1) is 0 Å². The van der Waals surface area contributed by atoms with Crippen molar-refractivity contribution in [2.45, 2.75) is 0 Å². The molecule has 0 bridgehead atoms. The lowest BCUT2D eigenvalue weighted by molar-refractivity contribution is -0.120. The van der Waals surface area contributed by atoms with Gasteiger partial charge in [0, 0.05) is 10.2 Å². The van der Waals surface area contributed by atoms with Crippen LogP contribution in [0.5, 0.6) is 0 Å². The second kappa shape index (κ2) is 7.96. The summed E-state index contributed by atoms with van der Waals surface area (Å²) in [5.74, 6) is -0.829. The Morgan fingerprint density at radius 3 is 2.61 bits per heavy atom. The lowest BCUT2D eigenvalue weighted by Crippen LogP contribution is -2.44. The molecule has 0 radical (unpaired) electrons. The Morgan fingerprint density at radius 1 is 1.09 bits per heavy atom. The van der Waals surface area contributed by atoms with Crippen LogP contribution in [0.15, 0.2) is 53.0 Å². The minimum atomic E-state index is -0.419. The molecule has 0 aliphatic carbocycles. The molecule has 0 aromatic heterocycles. The monoisotopic (exact) mass is 372 g/mol. The van der Waals surface area contributed by atoms with Gasteiger partial charge < -0.3 is 5.32 Å². The number of rotatable bonds is 4. The molecule has 0 saturated carbocycles. The number of carbonyl (C=O) groups excluding carboxylic acids is 2. The zero-order chi connectivity index (χ0) is 16.7. The van der Waals surface area contributed by atoms with Crippen molar-refractivity contribution in [1.82, 2.24) is 10.9 Å². The van der Waals surface area contributed by atoms with Gasteiger partial charge in [-0.1, -0.05) is 18.2 Å². The zero-order valence-electron chi connectivity index (χ0n) is 12.0. The van der Waals surface area contributed by atoms with Crippen LogP contribution in [0.3, 0.4) is 0 Å². The summed E-state index contributed by atoms with van der Waals surface area (Å²) in [4.78, 5) is 23.6. The van der Waals surface area contributed by atoms with Gasteiger partial charge in [-0.2, -0.15) is 5.26 Å². The first-order valence-corrected chi connectivity index (χ1v) is 7.47. The minimum Gasteiger partial charge on any atom is -0.376 e. The molecule has 7 heteroatoms. The first-order valence-electron chi connectivity index (χ1n) is 6.68. The van der Waals surface area contributed by atoms with Gasteiger partial charge >= 0.3 is 0 Å². The second-order valence-electron chi connectivity index (χ2n) is 4.53. The first-order chi connectivity index (χ1) is 11.1. The highest BCUT2D eigenvalue weighted by molar-refractivity contribution is 9.10. The summed E-state index contributed by atoms with van der Waals surface area (Å²) in [7, 11) is 0. The Hall–Kier alpha value is -2.85. The van der Waals surface area contributed by atoms with Crippen molar-refractivity contribution in [2.24, 2.45) is 0 Å². The molecule has 116 valence electrons. The van der Waals surface area contributed by atoms with Crippen LogP contribution in [0, 0.1) is 11.3 Å². The normalized spacial score (nSPS) is 9.57. The van der Waals surface area contributed by atoms with Crippen LogP contribution in [-0.2, 0) is 4.79 Å². The molecule has 0 aliphatic rings. The summed E-state index contributed by atoms with van der Waals surface area (Å²) in [5.41, 5.74) is 6.22. The van der Waals surface area contributed by atoms with Crippen molar-refractivity contribution >= 4 is 33.4 Å². The number of amides is 2. The molecule has 0 unspecified atom stereocenters. The van der Waals surface area contributed by atoms with Crippen molar-refractivity contribution in [2.75, 3.05) is 11.9 Å². The van der Waals surface area contributed by atoms with Gasteiger partial charge in [-0.3, -0.25) is 20.4 Å². The van der Waals surface area contributed by atoms with Gasteiger partial charge in [0.25, 0.3) is 11.8 Å². The number of benzene rings is 2. The second-order valence-corrected chi connectivity index (χ2v) is 5.38. The van der Waals surface area contributed by atoms with E-state index in [-0.39, 0.29) is 6.54 Å². The van der Waals surface area contributed by atoms with Crippen molar-refractivity contribution < 1.29 is 9.59 Å². The third-order valence-electron chi connectivity index (χ3n) is 2.88. The highest BCUT2D eigenvalue weighted by Crippen LogP contribution is 2.15. The van der Waals surface area contributed by atoms with E-state index in [0.29, 0.717) is 21.3 Å². The van der Waals surface area contributed by atoms with E-state index < -0.39 is 11.8 Å². The third kappa shape index (κ3) is 4.83. The van der Waals surface area contributed by atoms with Crippen molar-refractivity contribution in [3.8, 4) is 6.07 Å². The average Bonchev–Trinajstić information content (AvgIpc) is 2.58. The number of carbonyl (C=O) groups is 2. The number of nitrogens with one attached hydrogen (secondary N) is 3. The van der Waals surface area contributed by atoms with Gasteiger partial charge in [0.1, 0.15) is 0 Å². The quantitative estimate of drug-likeness (QED) is 0.717. The molecule has 0 saturated heterocycles. The number of nitrogens with zero attached hydrogens (tertiary/aromatic N) is 1. The molecule has 0 fully saturated rings. The van der Waals surface area contributed by atoms with Gasteiger partial charge in [-0.05, 0) is 46.3 Å². The molecule has 0 heterocycles. The minimum absolute atomic E-state index is 0.0366. The largest absolute Gasteiger partial charge is 0.376 e. The fraction of sp³-hybridized carbons (Fsp3) is 0.0625. The fourth-order valence-corrected chi connectivity index (χ4v) is 2.23. The Labute approximate surface area is 141 Å². The van der Waals surface area contributed by atoms with Gasteiger partial charge in [0.05, 0.1) is 23.7 Å². The topological polar surface area (TPSA) is 94.0 Å². The van der Waals surface area contributed by atoms with Crippen molar-refractivity contribution in [3.63, 3.8) is 0 Å². The molecule has 2 aromatic rings. The molecule has 2 amide bonds. The Balaban J connectivity index is 1.82. The molecular weight excluding hydrogens is 360 g/mol. The zero-order valence-corrected chi connectivity index (χ0v) is 13.6. The lowest BCUT2D eigenvalue weighted by Gasteiger charge is -2.10. The maximum atomic E-state index is 11.9. The van der Waals surface area contributed by atoms with Crippen molar-refractivity contribution in [3.05, 3.63) is 64.1 Å². The summed E-state index contributed by atoms with van der Waals surface area (Å²) in [6.07, 6.45) is 0. The summed E-state index contributed by atoms with van der Waals surface area (Å²) in [5, 5.41) is 11.7. The van der Waals surface area contributed by atoms with Crippen LogP contribution in [0.25, 0.3) is 0 Å². The summed E-state index contributed by atoms with van der Waals surface area (Å²) in [6.45, 7) is -0.0366. The van der Waals surface area contributed by atoms with Crippen LogP contribution >= 0.6 is 15.9 Å². The number of nitriles is 1. The number of hydrogen-bond donors (Lipinski definition) is 3. The molecule has 3 N–H and O–H groups in total. The maximum absolute atomic E-state index is 11.9. The molecule has 0 aliphatic heterocycles. The first kappa shape index (κ1) is 16.5. The van der Waals surface area contributed by atoms with Crippen LogP contribution in [0.4, 0.5) is 5.69 Å². The standard InChI is InChI=1S/C16H13BrN4O2/c17-14-7-2-1-6-13(14)16(23)21-20-15(22)10-19-12-5-3-4-11(8-12)9-18/h1-8,19H,10H2,(H,20,22)(H,21,23). The van der Waals surface area contributed by atoms with Crippen LogP contribution in [0.2, 0.25) is 0 Å². The summed E-state index contributed by atoms with van der Waals surface area (Å²) in [6, 6.07) is 15.7. The molecule has 23 heavy (non-hydrogen) atoms. The summed E-state index contributed by atoms with van der Waals surface area (Å²) >= 11 is 3.27. The fourth-order valence-electron chi connectivity index (χ4n) is 1.76. The SMILES string of the molecule is N#Cc1cccc(NCC(=O)NNC(=O)c2ccccc2Br)c1. The molecule has 2 rings (SSSR count). The maximum Gasteiger partial charge on any atom is 0.270 e. The molecule has 0 spiro atoms. The smallest absolute Gasteiger partial charge is 0.270 e. The molecule has 2 aromatic carbocycles. The average molecular weight is 373 g/mol. The van der Waals surface area contributed by atoms with E-state index in [4.69, 9.17) is 5.26 Å². The predicted octanol–water partition coefficient (Wildman–Crippen LogP) is 2.19. The van der Waals surface area contributed by atoms with Gasteiger partial charge in [0.15, 0.2) is 0 Å². The van der Waals surface area contributed by atoms with E-state index in [2.05, 4.69) is 32.1 Å². The van der Waals surface area contributed by atoms with E-state index in [1.165, 1.54) is 0 Å². The Kier molecular flexibility index (Phi) is 5.72. The third-order valence-corrected chi connectivity index (χ3v) is 3.57. The van der Waals surface area contributed by atoms with E-state index in [1.54, 1.807) is 48.5 Å². The van der Waals surface area contributed by atoms with Crippen LogP contribution in [-0.4, -0.2) is 18.4 Å². The predicted molar refractivity (Wildman–Crippen MR) is 89.4 cm³/mol. The van der Waals surface area contributed by atoms with E-state index in [9.17, 15) is 9.59 Å². The Bertz CT molecular complexity index is 771. The van der Waals surface area contributed by atoms with Crippen molar-refractivity contribution in [1.29, 1.82) is 5.26 Å². The number of hydrazine groups is 1. The number of halogens is 1. The lowest BCUT2D eigenvalue weighted by atomic mass is 10.2. The van der Waals surface area contributed by atoms with Crippen LogP contribution < -0.4 is 16.2 Å². The van der Waals surface area contributed by atoms with Crippen LogP contribution in [0.1, 0.15) is 15.9 Å². The highest BCUT2D eigenvalue weighted by atomic mass is 79.9. The number of anilines is 1. The molecule has 6 nitrogen and oxygen atoms in total. The van der Waals surface area contributed by atoms with E-state index in [1.807, 2.05) is 6.07 Å². The van der Waals surface area contributed by atoms with E-state index >= 15 is 0 Å². The number of hydrogen-bond acceptors (Lipinski definition) is 4. The summed E-state index contributed by atoms with van der Waals surface area (Å²) < 4.78 is 0.637. The highest BCUT2D eigenvalue weighted by Gasteiger charge is 2.10. The van der Waals surface area contributed by atoms with E-state index in [0.717, 1.165) is 0 Å².